The molecule has 0 bridgehead atoms. The van der Waals surface area contributed by atoms with E-state index in [2.05, 4.69) is 4.74 Å². The lowest BCUT2D eigenvalue weighted by Crippen LogP contribution is -2.17. The van der Waals surface area contributed by atoms with Crippen LogP contribution in [-0.4, -0.2) is 6.36 Å². The molecule has 0 aliphatic heterocycles. The molecule has 6 heteroatoms. The van der Waals surface area contributed by atoms with Gasteiger partial charge in [-0.25, -0.2) is 4.39 Å². The van der Waals surface area contributed by atoms with Gasteiger partial charge >= 0.3 is 6.36 Å². The molecular weight excluding hydrogens is 286 g/mol. The summed E-state index contributed by atoms with van der Waals surface area (Å²) >= 11 is 0. The Kier molecular flexibility index (Phi) is 4.18. The van der Waals surface area contributed by atoms with Gasteiger partial charge in [-0.3, -0.25) is 0 Å². The third-order valence-electron chi connectivity index (χ3n) is 3.01. The second-order valence-electron chi connectivity index (χ2n) is 4.60. The van der Waals surface area contributed by atoms with Gasteiger partial charge in [0, 0.05) is 0 Å². The average Bonchev–Trinajstić information content (AvgIpc) is 2.40. The fraction of sp³-hybridized carbons (Fsp3) is 0.200. The molecule has 21 heavy (non-hydrogen) atoms. The summed E-state index contributed by atoms with van der Waals surface area (Å²) < 4.78 is 53.2. The van der Waals surface area contributed by atoms with Crippen LogP contribution >= 0.6 is 0 Å². The summed E-state index contributed by atoms with van der Waals surface area (Å²) in [6.45, 7) is 1.62. The fourth-order valence-electron chi connectivity index (χ4n) is 1.93. The van der Waals surface area contributed by atoms with E-state index < -0.39 is 12.4 Å². The van der Waals surface area contributed by atoms with E-state index in [1.807, 2.05) is 0 Å². The van der Waals surface area contributed by atoms with E-state index in [1.165, 1.54) is 30.3 Å². The predicted octanol–water partition coefficient (Wildman–Crippen LogP) is 4.08. The number of benzene rings is 2. The minimum atomic E-state index is -4.72. The number of hydrogen-bond donors (Lipinski definition) is 1. The maximum absolute atomic E-state index is 13.2. The predicted molar refractivity (Wildman–Crippen MR) is 70.3 cm³/mol. The van der Waals surface area contributed by atoms with Gasteiger partial charge in [-0.05, 0) is 41.8 Å². The molecule has 0 aliphatic rings. The van der Waals surface area contributed by atoms with Gasteiger partial charge in [0.1, 0.15) is 11.6 Å². The molecule has 2 rings (SSSR count). The van der Waals surface area contributed by atoms with E-state index in [9.17, 15) is 17.6 Å². The molecule has 0 spiro atoms. The van der Waals surface area contributed by atoms with Crippen molar-refractivity contribution < 1.29 is 22.3 Å². The number of halogens is 4. The highest BCUT2D eigenvalue weighted by Crippen LogP contribution is 2.26. The van der Waals surface area contributed by atoms with Gasteiger partial charge in [-0.2, -0.15) is 0 Å². The van der Waals surface area contributed by atoms with Crippen LogP contribution < -0.4 is 10.5 Å². The van der Waals surface area contributed by atoms with E-state index in [1.54, 1.807) is 19.1 Å². The Labute approximate surface area is 119 Å². The molecule has 0 saturated carbocycles. The van der Waals surface area contributed by atoms with Crippen LogP contribution in [0, 0.1) is 12.7 Å². The Bertz CT molecular complexity index is 623. The third kappa shape index (κ3) is 3.95. The van der Waals surface area contributed by atoms with Gasteiger partial charge in [0.15, 0.2) is 0 Å². The number of nitrogens with two attached hydrogens (primary N) is 1. The zero-order valence-corrected chi connectivity index (χ0v) is 11.1. The monoisotopic (exact) mass is 299 g/mol. The van der Waals surface area contributed by atoms with Crippen LogP contribution in [0.4, 0.5) is 17.6 Å². The summed E-state index contributed by atoms with van der Waals surface area (Å²) in [5.74, 6) is -0.645. The SMILES string of the molecule is Cc1cc([C@@H](N)c2ccc(OC(F)(F)F)cc2)ccc1F. The highest BCUT2D eigenvalue weighted by molar-refractivity contribution is 5.36. The minimum absolute atomic E-state index is 0.311. The van der Waals surface area contributed by atoms with Crippen LogP contribution in [-0.2, 0) is 0 Å². The van der Waals surface area contributed by atoms with Crippen molar-refractivity contribution in [3.8, 4) is 5.75 Å². The Morgan fingerprint density at radius 1 is 1.00 bits per heavy atom. The molecule has 2 nitrogen and oxygen atoms in total. The molecule has 0 fully saturated rings. The number of aryl methyl sites for hydroxylation is 1. The Hall–Kier alpha value is -2.08. The summed E-state index contributed by atoms with van der Waals surface area (Å²) in [7, 11) is 0. The van der Waals surface area contributed by atoms with Crippen molar-refractivity contribution in [3.05, 3.63) is 65.0 Å². The summed E-state index contributed by atoms with van der Waals surface area (Å²) in [6.07, 6.45) is -4.72. The maximum Gasteiger partial charge on any atom is 0.573 e. The quantitative estimate of drug-likeness (QED) is 0.867. The molecule has 2 aromatic rings. The van der Waals surface area contributed by atoms with E-state index in [4.69, 9.17) is 5.73 Å². The standard InChI is InChI=1S/C15H13F4NO/c1-9-8-11(4-7-13(9)16)14(20)10-2-5-12(6-3-10)21-15(17,18)19/h2-8,14H,20H2,1H3/t14-/m0/s1. The molecule has 0 radical (unpaired) electrons. The van der Waals surface area contributed by atoms with Crippen molar-refractivity contribution in [1.29, 1.82) is 0 Å². The topological polar surface area (TPSA) is 35.2 Å². The second kappa shape index (κ2) is 5.73. The van der Waals surface area contributed by atoms with Crippen molar-refractivity contribution in [2.45, 2.75) is 19.3 Å². The molecule has 112 valence electrons. The first-order valence-corrected chi connectivity index (χ1v) is 6.13. The normalized spacial score (nSPS) is 13.0. The average molecular weight is 299 g/mol. The molecule has 0 aromatic heterocycles. The number of ether oxygens (including phenoxy) is 1. The summed E-state index contributed by atoms with van der Waals surface area (Å²) in [4.78, 5) is 0. The highest BCUT2D eigenvalue weighted by atomic mass is 19.4. The van der Waals surface area contributed by atoms with Crippen molar-refractivity contribution in [2.24, 2.45) is 5.73 Å². The molecule has 2 aromatic carbocycles. The largest absolute Gasteiger partial charge is 0.573 e. The lowest BCUT2D eigenvalue weighted by atomic mass is 9.98. The Morgan fingerprint density at radius 2 is 1.57 bits per heavy atom. The van der Waals surface area contributed by atoms with Gasteiger partial charge in [0.05, 0.1) is 6.04 Å². The molecular formula is C15H13F4NO. The first-order valence-electron chi connectivity index (χ1n) is 6.13. The van der Waals surface area contributed by atoms with Crippen LogP contribution in [0.1, 0.15) is 22.7 Å². The van der Waals surface area contributed by atoms with Crippen LogP contribution in [0.15, 0.2) is 42.5 Å². The van der Waals surface area contributed by atoms with Gasteiger partial charge in [-0.15, -0.1) is 13.2 Å². The first-order chi connectivity index (χ1) is 9.76. The number of rotatable bonds is 3. The summed E-state index contributed by atoms with van der Waals surface area (Å²) in [5, 5.41) is 0. The van der Waals surface area contributed by atoms with Gasteiger partial charge < -0.3 is 10.5 Å². The van der Waals surface area contributed by atoms with E-state index >= 15 is 0 Å². The Morgan fingerprint density at radius 3 is 2.10 bits per heavy atom. The van der Waals surface area contributed by atoms with E-state index in [0.717, 1.165) is 0 Å². The van der Waals surface area contributed by atoms with Gasteiger partial charge in [-0.1, -0.05) is 24.3 Å². The zero-order chi connectivity index (χ0) is 15.6. The van der Waals surface area contributed by atoms with Crippen LogP contribution in [0.2, 0.25) is 0 Å². The minimum Gasteiger partial charge on any atom is -0.406 e. The summed E-state index contributed by atoms with van der Waals surface area (Å²) in [6, 6.07) is 9.20. The molecule has 0 amide bonds. The highest BCUT2D eigenvalue weighted by Gasteiger charge is 2.31. The molecule has 0 unspecified atom stereocenters. The number of hydrogen-bond acceptors (Lipinski definition) is 2. The van der Waals surface area contributed by atoms with Crippen molar-refractivity contribution in [2.75, 3.05) is 0 Å². The fourth-order valence-corrected chi connectivity index (χ4v) is 1.93. The molecule has 0 saturated heterocycles. The van der Waals surface area contributed by atoms with Gasteiger partial charge in [0.2, 0.25) is 0 Å². The lowest BCUT2D eigenvalue weighted by Gasteiger charge is -2.15. The van der Waals surface area contributed by atoms with Crippen molar-refractivity contribution in [1.82, 2.24) is 0 Å². The summed E-state index contributed by atoms with van der Waals surface area (Å²) in [5.41, 5.74) is 7.77. The molecule has 0 aliphatic carbocycles. The van der Waals surface area contributed by atoms with Crippen molar-refractivity contribution >= 4 is 0 Å². The maximum atomic E-state index is 13.2. The van der Waals surface area contributed by atoms with Crippen LogP contribution in [0.3, 0.4) is 0 Å². The first kappa shape index (κ1) is 15.3. The number of alkyl halides is 3. The van der Waals surface area contributed by atoms with Crippen LogP contribution in [0.5, 0.6) is 5.75 Å². The molecule has 0 heterocycles. The zero-order valence-electron chi connectivity index (χ0n) is 11.1. The molecule has 2 N–H and O–H groups in total. The van der Waals surface area contributed by atoms with Gasteiger partial charge in [0.25, 0.3) is 0 Å². The Balaban J connectivity index is 2.19. The van der Waals surface area contributed by atoms with Crippen LogP contribution in [0.25, 0.3) is 0 Å². The van der Waals surface area contributed by atoms with E-state index in [-0.39, 0.29) is 11.6 Å². The lowest BCUT2D eigenvalue weighted by molar-refractivity contribution is -0.274. The molecule has 1 atom stereocenters. The second-order valence-corrected chi connectivity index (χ2v) is 4.60. The smallest absolute Gasteiger partial charge is 0.406 e. The van der Waals surface area contributed by atoms with E-state index in [0.29, 0.717) is 16.7 Å². The van der Waals surface area contributed by atoms with Crippen molar-refractivity contribution in [3.63, 3.8) is 0 Å². The third-order valence-corrected chi connectivity index (χ3v) is 3.01.